The smallest absolute Gasteiger partial charge is 0.338 e. The van der Waals surface area contributed by atoms with Gasteiger partial charge in [0.15, 0.2) is 11.2 Å². The lowest BCUT2D eigenvalue weighted by atomic mass is 9.51. The number of Topliss-reactive ketones (excluding diaryl/α,β-unsaturated/α-hetero) is 1. The number of hydrogen-bond acceptors (Lipinski definition) is 5. The Kier molecular flexibility index (Phi) is 36.4. The standard InChI is InChI=1S/C52H98O8/c1-5-9-12-15-18-21-24-27-30-33-36-39-43-50(47(54)55,44-40-37-34-31-28-25-22-19-16-13-10-6-2)52(60,49(58)59)51(48(56)57,46(53)42-8-4)45-41-38-35-32-29-26-23-20-17-14-11-7-3/h60H,5-45H2,1-4H3,(H,54,55)(H,56,57)(H,58,59). The van der Waals surface area contributed by atoms with Gasteiger partial charge in [-0.2, -0.15) is 0 Å². The third-order valence-corrected chi connectivity index (χ3v) is 13.7. The normalized spacial score (nSPS) is 13.9. The van der Waals surface area contributed by atoms with Crippen molar-refractivity contribution in [1.29, 1.82) is 0 Å². The average Bonchev–Trinajstić information content (AvgIpc) is 3.22. The molecule has 0 spiro atoms. The van der Waals surface area contributed by atoms with Crippen LogP contribution >= 0.6 is 0 Å². The van der Waals surface area contributed by atoms with Crippen molar-refractivity contribution in [3.63, 3.8) is 0 Å². The molecule has 0 radical (unpaired) electrons. The first kappa shape index (κ1) is 58.0. The van der Waals surface area contributed by atoms with Crippen molar-refractivity contribution in [3.8, 4) is 0 Å². The van der Waals surface area contributed by atoms with Crippen LogP contribution in [-0.4, -0.2) is 49.7 Å². The van der Waals surface area contributed by atoms with Crippen molar-refractivity contribution in [2.45, 2.75) is 297 Å². The van der Waals surface area contributed by atoms with E-state index in [1.807, 2.05) is 0 Å². The van der Waals surface area contributed by atoms with Gasteiger partial charge in [-0.1, -0.05) is 259 Å². The summed E-state index contributed by atoms with van der Waals surface area (Å²) in [5.41, 5.74) is -8.44. The number of carbonyl (C=O) groups excluding carboxylic acids is 1. The van der Waals surface area contributed by atoms with Gasteiger partial charge in [-0.25, -0.2) is 4.79 Å². The Morgan fingerprint density at radius 1 is 0.317 bits per heavy atom. The number of ketones is 1. The average molecular weight is 851 g/mol. The third kappa shape index (κ3) is 21.9. The summed E-state index contributed by atoms with van der Waals surface area (Å²) in [4.78, 5) is 55.2. The van der Waals surface area contributed by atoms with Gasteiger partial charge in [0.25, 0.3) is 0 Å². The summed E-state index contributed by atoms with van der Waals surface area (Å²) >= 11 is 0. The van der Waals surface area contributed by atoms with Crippen molar-refractivity contribution in [3.05, 3.63) is 0 Å². The number of carbonyl (C=O) groups is 4. The Labute approximate surface area is 369 Å². The van der Waals surface area contributed by atoms with Crippen LogP contribution in [0.2, 0.25) is 0 Å². The van der Waals surface area contributed by atoms with Gasteiger partial charge < -0.3 is 20.4 Å². The highest BCUT2D eigenvalue weighted by Gasteiger charge is 2.75. The molecule has 0 aliphatic heterocycles. The molecule has 0 aliphatic rings. The molecule has 0 aliphatic carbocycles. The van der Waals surface area contributed by atoms with Crippen LogP contribution in [0.4, 0.5) is 0 Å². The number of hydrogen-bond donors (Lipinski definition) is 4. The molecule has 4 N–H and O–H groups in total. The zero-order valence-electron chi connectivity index (χ0n) is 39.9. The number of aliphatic hydroxyl groups is 1. The third-order valence-electron chi connectivity index (χ3n) is 13.7. The lowest BCUT2D eigenvalue weighted by molar-refractivity contribution is -0.224. The minimum Gasteiger partial charge on any atom is -0.481 e. The summed E-state index contributed by atoms with van der Waals surface area (Å²) in [6.45, 7) is 8.37. The van der Waals surface area contributed by atoms with Crippen LogP contribution in [-0.2, 0) is 19.2 Å². The predicted molar refractivity (Wildman–Crippen MR) is 250 cm³/mol. The van der Waals surface area contributed by atoms with Crippen LogP contribution in [0, 0.1) is 10.8 Å². The SMILES string of the molecule is CCCCCCCCCCCCCCC(CCCCCCCCCCCCCC)(C(=O)O)C(O)(C(=O)O)C(CCCCCCCCCCCCCC)(C(=O)O)C(=O)CCC. The molecule has 60 heavy (non-hydrogen) atoms. The van der Waals surface area contributed by atoms with E-state index < -0.39 is 46.5 Å². The number of aliphatic carboxylic acids is 3. The largest absolute Gasteiger partial charge is 0.481 e. The fourth-order valence-corrected chi connectivity index (χ4v) is 9.76. The molecule has 0 bridgehead atoms. The lowest BCUT2D eigenvalue weighted by Gasteiger charge is -2.50. The quantitative estimate of drug-likeness (QED) is 0.0349. The van der Waals surface area contributed by atoms with Crippen molar-refractivity contribution in [2.24, 2.45) is 10.8 Å². The molecule has 0 aromatic carbocycles. The molecular formula is C52H98O8. The van der Waals surface area contributed by atoms with Gasteiger partial charge >= 0.3 is 17.9 Å². The second-order valence-electron chi connectivity index (χ2n) is 18.7. The Bertz CT molecular complexity index is 1050. The van der Waals surface area contributed by atoms with Gasteiger partial charge in [-0.05, 0) is 25.7 Å². The molecule has 2 atom stereocenters. The van der Waals surface area contributed by atoms with E-state index in [2.05, 4.69) is 20.8 Å². The Balaban J connectivity index is 6.11. The van der Waals surface area contributed by atoms with Crippen LogP contribution in [0.25, 0.3) is 0 Å². The van der Waals surface area contributed by atoms with Crippen LogP contribution in [0.5, 0.6) is 0 Å². The minimum atomic E-state index is -3.32. The van der Waals surface area contributed by atoms with E-state index in [9.17, 15) is 39.6 Å². The fraction of sp³-hybridized carbons (Fsp3) is 0.923. The second kappa shape index (κ2) is 37.6. The first-order chi connectivity index (χ1) is 29.0. The maximum absolute atomic E-state index is 14.2. The van der Waals surface area contributed by atoms with Crippen molar-refractivity contribution >= 4 is 23.7 Å². The molecule has 0 saturated heterocycles. The van der Waals surface area contributed by atoms with Crippen LogP contribution in [0.15, 0.2) is 0 Å². The van der Waals surface area contributed by atoms with Gasteiger partial charge in [-0.15, -0.1) is 0 Å². The van der Waals surface area contributed by atoms with Gasteiger partial charge in [0.05, 0.1) is 0 Å². The fourth-order valence-electron chi connectivity index (χ4n) is 9.76. The summed E-state index contributed by atoms with van der Waals surface area (Å²) in [6, 6.07) is 0. The molecule has 8 nitrogen and oxygen atoms in total. The van der Waals surface area contributed by atoms with E-state index in [0.717, 1.165) is 77.0 Å². The molecule has 0 aromatic rings. The molecule has 0 saturated carbocycles. The predicted octanol–water partition coefficient (Wildman–Crippen LogP) is 15.6. The number of carboxylic acid groups (broad SMARTS) is 3. The van der Waals surface area contributed by atoms with Crippen LogP contribution < -0.4 is 0 Å². The summed E-state index contributed by atoms with van der Waals surface area (Å²) < 4.78 is 0. The zero-order chi connectivity index (χ0) is 44.8. The van der Waals surface area contributed by atoms with Gasteiger partial charge in [0.2, 0.25) is 5.60 Å². The summed E-state index contributed by atoms with van der Waals surface area (Å²) in [7, 11) is 0. The molecule has 2 unspecified atom stereocenters. The summed E-state index contributed by atoms with van der Waals surface area (Å²) in [5.74, 6) is -6.01. The molecule has 0 heterocycles. The zero-order valence-corrected chi connectivity index (χ0v) is 39.9. The summed E-state index contributed by atoms with van der Waals surface area (Å²) in [6.07, 6.45) is 36.7. The molecule has 0 fully saturated rings. The first-order valence-corrected chi connectivity index (χ1v) is 26.0. The van der Waals surface area contributed by atoms with Crippen LogP contribution in [0.3, 0.4) is 0 Å². The van der Waals surface area contributed by atoms with E-state index in [0.29, 0.717) is 32.1 Å². The molecule has 0 rings (SSSR count). The summed E-state index contributed by atoms with van der Waals surface area (Å²) in [5, 5.41) is 46.1. The molecule has 8 heteroatoms. The topological polar surface area (TPSA) is 149 Å². The van der Waals surface area contributed by atoms with E-state index >= 15 is 0 Å². The van der Waals surface area contributed by atoms with E-state index in [1.165, 1.54) is 116 Å². The lowest BCUT2D eigenvalue weighted by Crippen LogP contribution is -2.72. The van der Waals surface area contributed by atoms with E-state index in [1.54, 1.807) is 6.92 Å². The maximum atomic E-state index is 14.2. The van der Waals surface area contributed by atoms with Crippen LogP contribution in [0.1, 0.15) is 291 Å². The second-order valence-corrected chi connectivity index (χ2v) is 18.7. The van der Waals surface area contributed by atoms with Gasteiger partial charge in [0.1, 0.15) is 5.41 Å². The van der Waals surface area contributed by atoms with Crippen molar-refractivity contribution < 1.29 is 39.6 Å². The minimum absolute atomic E-state index is 0.187. The Hall–Kier alpha value is -1.96. The van der Waals surface area contributed by atoms with Crippen molar-refractivity contribution in [1.82, 2.24) is 0 Å². The number of unbranched alkanes of at least 4 members (excludes halogenated alkanes) is 33. The number of rotatable bonds is 47. The maximum Gasteiger partial charge on any atom is 0.338 e. The highest BCUT2D eigenvalue weighted by Crippen LogP contribution is 2.55. The van der Waals surface area contributed by atoms with Gasteiger partial charge in [0, 0.05) is 6.42 Å². The Morgan fingerprint density at radius 2 is 0.567 bits per heavy atom. The number of carboxylic acids is 3. The molecule has 0 amide bonds. The highest BCUT2D eigenvalue weighted by atomic mass is 16.4. The molecular weight excluding hydrogens is 753 g/mol. The molecule has 354 valence electrons. The van der Waals surface area contributed by atoms with Gasteiger partial charge in [-0.3, -0.25) is 14.4 Å². The highest BCUT2D eigenvalue weighted by molar-refractivity contribution is 6.10. The monoisotopic (exact) mass is 851 g/mol. The van der Waals surface area contributed by atoms with E-state index in [-0.39, 0.29) is 32.1 Å². The Morgan fingerprint density at radius 3 is 0.783 bits per heavy atom. The van der Waals surface area contributed by atoms with Crippen molar-refractivity contribution in [2.75, 3.05) is 0 Å². The van der Waals surface area contributed by atoms with E-state index in [4.69, 9.17) is 0 Å². The first-order valence-electron chi connectivity index (χ1n) is 26.0. The molecule has 0 aromatic heterocycles.